The predicted octanol–water partition coefficient (Wildman–Crippen LogP) is 5.49. The van der Waals surface area contributed by atoms with Crippen LogP contribution >= 0.6 is 0 Å². The van der Waals surface area contributed by atoms with E-state index in [0.717, 1.165) is 16.9 Å². The van der Waals surface area contributed by atoms with E-state index in [2.05, 4.69) is 17.6 Å². The van der Waals surface area contributed by atoms with Gasteiger partial charge in [0.15, 0.2) is 0 Å². The Bertz CT molecular complexity index is 1110. The Morgan fingerprint density at radius 1 is 0.812 bits per heavy atom. The highest BCUT2D eigenvalue weighted by atomic mass is 16.5. The molecule has 0 saturated heterocycles. The number of carbonyl (C=O) groups excluding carboxylic acids is 2. The molecule has 166 valence electrons. The molecule has 0 aromatic heterocycles. The number of rotatable bonds is 8. The topological polar surface area (TPSA) is 76.7 Å². The molecule has 0 unspecified atom stereocenters. The number of ether oxygens (including phenoxy) is 2. The van der Waals surface area contributed by atoms with E-state index in [9.17, 15) is 9.59 Å². The lowest BCUT2D eigenvalue weighted by Gasteiger charge is -2.14. The van der Waals surface area contributed by atoms with Crippen LogP contribution in [0.1, 0.15) is 40.9 Å². The molecule has 3 aromatic carbocycles. The average Bonchev–Trinajstić information content (AvgIpc) is 2.76. The van der Waals surface area contributed by atoms with Gasteiger partial charge in [-0.15, -0.1) is 0 Å². The first kappa shape index (κ1) is 22.9. The fraction of sp³-hybridized carbons (Fsp3) is 0.231. The molecule has 0 aliphatic carbocycles. The first-order chi connectivity index (χ1) is 15.4. The highest BCUT2D eigenvalue weighted by molar-refractivity contribution is 6.04. The monoisotopic (exact) mass is 432 g/mol. The molecule has 0 aliphatic rings. The van der Waals surface area contributed by atoms with E-state index in [4.69, 9.17) is 9.47 Å². The van der Waals surface area contributed by atoms with Crippen molar-refractivity contribution >= 4 is 23.2 Å². The molecule has 32 heavy (non-hydrogen) atoms. The average molecular weight is 433 g/mol. The van der Waals surface area contributed by atoms with Crippen molar-refractivity contribution in [3.8, 4) is 11.5 Å². The smallest absolute Gasteiger partial charge is 0.255 e. The first-order valence-corrected chi connectivity index (χ1v) is 10.5. The van der Waals surface area contributed by atoms with Gasteiger partial charge in [-0.3, -0.25) is 9.59 Å². The summed E-state index contributed by atoms with van der Waals surface area (Å²) in [4.78, 5) is 23.9. The summed E-state index contributed by atoms with van der Waals surface area (Å²) in [6, 6.07) is 18.2. The number of carbonyl (C=O) groups is 2. The van der Waals surface area contributed by atoms with Crippen LogP contribution in [0.15, 0.2) is 60.7 Å². The van der Waals surface area contributed by atoms with E-state index in [1.165, 1.54) is 12.5 Å². The van der Waals surface area contributed by atoms with Crippen LogP contribution in [-0.2, 0) is 11.4 Å². The molecule has 0 fully saturated rings. The van der Waals surface area contributed by atoms with E-state index in [1.807, 2.05) is 32.0 Å². The minimum atomic E-state index is -0.243. The minimum absolute atomic E-state index is 0.147. The van der Waals surface area contributed by atoms with Gasteiger partial charge in [-0.05, 0) is 86.5 Å². The van der Waals surface area contributed by atoms with Gasteiger partial charge in [0.25, 0.3) is 5.91 Å². The van der Waals surface area contributed by atoms with Crippen molar-refractivity contribution in [1.82, 2.24) is 0 Å². The molecule has 0 radical (unpaired) electrons. The van der Waals surface area contributed by atoms with E-state index < -0.39 is 0 Å². The molecule has 0 heterocycles. The normalized spacial score (nSPS) is 10.4. The zero-order chi connectivity index (χ0) is 23.1. The van der Waals surface area contributed by atoms with Gasteiger partial charge in [-0.2, -0.15) is 0 Å². The molecule has 0 aliphatic heterocycles. The van der Waals surface area contributed by atoms with Gasteiger partial charge in [-0.25, -0.2) is 0 Å². The summed E-state index contributed by atoms with van der Waals surface area (Å²) in [5.41, 5.74) is 4.95. The molecule has 3 aromatic rings. The minimum Gasteiger partial charge on any atom is -0.493 e. The molecule has 0 saturated carbocycles. The number of hydrogen-bond acceptors (Lipinski definition) is 4. The number of anilines is 2. The van der Waals surface area contributed by atoms with Crippen molar-refractivity contribution in [2.24, 2.45) is 0 Å². The van der Waals surface area contributed by atoms with Gasteiger partial charge in [0.1, 0.15) is 18.1 Å². The van der Waals surface area contributed by atoms with Gasteiger partial charge in [0, 0.05) is 29.4 Å². The van der Waals surface area contributed by atoms with Crippen molar-refractivity contribution in [1.29, 1.82) is 0 Å². The predicted molar refractivity (Wildman–Crippen MR) is 127 cm³/mol. The van der Waals surface area contributed by atoms with Crippen LogP contribution in [0.4, 0.5) is 11.4 Å². The molecule has 0 atom stereocenters. The number of aryl methyl sites for hydroxylation is 2. The first-order valence-electron chi connectivity index (χ1n) is 10.5. The summed E-state index contributed by atoms with van der Waals surface area (Å²) in [7, 11) is 0. The Kier molecular flexibility index (Phi) is 7.49. The standard InChI is InChI=1S/C26H28N2O4/c1-5-31-25-13-7-20(15-21(25)16-32-24-12-6-17(2)18(3)14-24)26(30)28-23-10-8-22(9-11-23)27-19(4)29/h6-15H,5,16H2,1-4H3,(H,27,29)(H,28,30). The van der Waals surface area contributed by atoms with Crippen LogP contribution in [0.3, 0.4) is 0 Å². The maximum absolute atomic E-state index is 12.8. The van der Waals surface area contributed by atoms with E-state index in [-0.39, 0.29) is 18.4 Å². The Balaban J connectivity index is 1.74. The van der Waals surface area contributed by atoms with E-state index >= 15 is 0 Å². The van der Waals surface area contributed by atoms with Crippen LogP contribution in [0, 0.1) is 13.8 Å². The molecule has 6 nitrogen and oxygen atoms in total. The SMILES string of the molecule is CCOc1ccc(C(=O)Nc2ccc(NC(C)=O)cc2)cc1COc1ccc(C)c(C)c1. The number of hydrogen-bond donors (Lipinski definition) is 2. The number of benzene rings is 3. The Hall–Kier alpha value is -3.80. The summed E-state index contributed by atoms with van der Waals surface area (Å²) < 4.78 is 11.7. The second-order valence-corrected chi connectivity index (χ2v) is 7.50. The number of nitrogens with one attached hydrogen (secondary N) is 2. The second kappa shape index (κ2) is 10.5. The fourth-order valence-electron chi connectivity index (χ4n) is 3.14. The summed E-state index contributed by atoms with van der Waals surface area (Å²) >= 11 is 0. The zero-order valence-electron chi connectivity index (χ0n) is 18.8. The van der Waals surface area contributed by atoms with Gasteiger partial charge < -0.3 is 20.1 Å². The van der Waals surface area contributed by atoms with E-state index in [0.29, 0.717) is 29.3 Å². The van der Waals surface area contributed by atoms with Crippen molar-refractivity contribution in [2.75, 3.05) is 17.2 Å². The van der Waals surface area contributed by atoms with Crippen molar-refractivity contribution in [3.63, 3.8) is 0 Å². The lowest BCUT2D eigenvalue weighted by molar-refractivity contribution is -0.114. The highest BCUT2D eigenvalue weighted by Gasteiger charge is 2.12. The highest BCUT2D eigenvalue weighted by Crippen LogP contribution is 2.24. The lowest BCUT2D eigenvalue weighted by atomic mass is 10.1. The summed E-state index contributed by atoms with van der Waals surface area (Å²) in [6.45, 7) is 8.26. The summed E-state index contributed by atoms with van der Waals surface area (Å²) in [6.07, 6.45) is 0. The Labute approximate surface area is 188 Å². The van der Waals surface area contributed by atoms with Gasteiger partial charge in [0.05, 0.1) is 6.61 Å². The van der Waals surface area contributed by atoms with Crippen LogP contribution < -0.4 is 20.1 Å². The van der Waals surface area contributed by atoms with Crippen LogP contribution in [0.5, 0.6) is 11.5 Å². The number of amides is 2. The van der Waals surface area contributed by atoms with Gasteiger partial charge in [-0.1, -0.05) is 6.07 Å². The molecular formula is C26H28N2O4. The third-order valence-electron chi connectivity index (χ3n) is 4.96. The molecule has 2 N–H and O–H groups in total. The molecule has 6 heteroatoms. The van der Waals surface area contributed by atoms with Crippen LogP contribution in [-0.4, -0.2) is 18.4 Å². The maximum Gasteiger partial charge on any atom is 0.255 e. The molecule has 3 rings (SSSR count). The van der Waals surface area contributed by atoms with Crippen LogP contribution in [0.25, 0.3) is 0 Å². The Morgan fingerprint density at radius 3 is 2.12 bits per heavy atom. The molecular weight excluding hydrogens is 404 g/mol. The fourth-order valence-corrected chi connectivity index (χ4v) is 3.14. The zero-order valence-corrected chi connectivity index (χ0v) is 18.8. The lowest BCUT2D eigenvalue weighted by Crippen LogP contribution is -2.13. The summed E-state index contributed by atoms with van der Waals surface area (Å²) in [5.74, 6) is 1.07. The largest absolute Gasteiger partial charge is 0.493 e. The third-order valence-corrected chi connectivity index (χ3v) is 4.96. The van der Waals surface area contributed by atoms with Crippen molar-refractivity contribution < 1.29 is 19.1 Å². The van der Waals surface area contributed by atoms with Crippen molar-refractivity contribution in [2.45, 2.75) is 34.3 Å². The second-order valence-electron chi connectivity index (χ2n) is 7.50. The molecule has 2 amide bonds. The van der Waals surface area contributed by atoms with Crippen molar-refractivity contribution in [3.05, 3.63) is 82.9 Å². The maximum atomic E-state index is 12.8. The summed E-state index contributed by atoms with van der Waals surface area (Å²) in [5, 5.41) is 5.57. The van der Waals surface area contributed by atoms with Crippen LogP contribution in [0.2, 0.25) is 0 Å². The Morgan fingerprint density at radius 2 is 1.50 bits per heavy atom. The third kappa shape index (κ3) is 6.11. The molecule has 0 bridgehead atoms. The van der Waals surface area contributed by atoms with Gasteiger partial charge in [0.2, 0.25) is 5.91 Å². The quantitative estimate of drug-likeness (QED) is 0.493. The van der Waals surface area contributed by atoms with E-state index in [1.54, 1.807) is 42.5 Å². The van der Waals surface area contributed by atoms with Gasteiger partial charge >= 0.3 is 0 Å². The molecule has 0 spiro atoms.